The molecule has 2 aromatic carbocycles. The lowest BCUT2D eigenvalue weighted by atomic mass is 10.1. The third kappa shape index (κ3) is 3.98. The molecule has 3 nitrogen and oxygen atoms in total. The van der Waals surface area contributed by atoms with Gasteiger partial charge in [0.15, 0.2) is 0 Å². The summed E-state index contributed by atoms with van der Waals surface area (Å²) in [6.45, 7) is 0. The third-order valence-electron chi connectivity index (χ3n) is 2.66. The molecule has 2 rings (SSSR count). The summed E-state index contributed by atoms with van der Waals surface area (Å²) in [7, 11) is -5.62. The second-order valence-electron chi connectivity index (χ2n) is 4.29. The molecule has 0 aliphatic heterocycles. The van der Waals surface area contributed by atoms with Gasteiger partial charge < -0.3 is 4.18 Å². The fourth-order valence-corrected chi connectivity index (χ4v) is 2.13. The van der Waals surface area contributed by atoms with Gasteiger partial charge in [-0.25, -0.2) is 0 Å². The Hall–Kier alpha value is -2.02. The topological polar surface area (TPSA) is 43.4 Å². The van der Waals surface area contributed by atoms with Crippen LogP contribution in [0.1, 0.15) is 11.1 Å². The van der Waals surface area contributed by atoms with Crippen LogP contribution in [-0.4, -0.2) is 13.9 Å². The van der Waals surface area contributed by atoms with Gasteiger partial charge in [-0.2, -0.15) is 21.6 Å². The Bertz CT molecular complexity index is 692. The molecule has 0 atom stereocenters. The lowest BCUT2D eigenvalue weighted by molar-refractivity contribution is -0.0500. The summed E-state index contributed by atoms with van der Waals surface area (Å²) in [4.78, 5) is 0. The summed E-state index contributed by atoms with van der Waals surface area (Å²) in [5.41, 5.74) is -3.57. The predicted molar refractivity (Wildman–Crippen MR) is 71.3 cm³/mol. The van der Waals surface area contributed by atoms with Crippen molar-refractivity contribution in [3.8, 4) is 5.75 Å². The van der Waals surface area contributed by atoms with E-state index in [-0.39, 0.29) is 5.75 Å². The summed E-state index contributed by atoms with van der Waals surface area (Å²) in [6, 6.07) is 14.9. The molecule has 0 spiro atoms. The van der Waals surface area contributed by atoms with Gasteiger partial charge in [0.2, 0.25) is 0 Å². The van der Waals surface area contributed by atoms with Gasteiger partial charge in [-0.05, 0) is 29.7 Å². The van der Waals surface area contributed by atoms with Crippen molar-refractivity contribution >= 4 is 10.1 Å². The number of halogens is 3. The van der Waals surface area contributed by atoms with E-state index < -0.39 is 15.6 Å². The van der Waals surface area contributed by atoms with Crippen molar-refractivity contribution in [1.82, 2.24) is 0 Å². The number of hydrogen-bond donors (Lipinski definition) is 0. The van der Waals surface area contributed by atoms with Crippen LogP contribution in [0.2, 0.25) is 0 Å². The van der Waals surface area contributed by atoms with Gasteiger partial charge >= 0.3 is 15.6 Å². The quantitative estimate of drug-likeness (QED) is 0.640. The van der Waals surface area contributed by atoms with Crippen LogP contribution in [0.3, 0.4) is 0 Å². The predicted octanol–water partition coefficient (Wildman–Crippen LogP) is 3.51. The second-order valence-corrected chi connectivity index (χ2v) is 5.83. The van der Waals surface area contributed by atoms with Gasteiger partial charge in [0, 0.05) is 0 Å². The fraction of sp³-hybridized carbons (Fsp3) is 0.143. The Kier molecular flexibility index (Phi) is 4.22. The van der Waals surface area contributed by atoms with Gasteiger partial charge in [-0.1, -0.05) is 42.5 Å². The monoisotopic (exact) mass is 316 g/mol. The van der Waals surface area contributed by atoms with Crippen molar-refractivity contribution in [3.63, 3.8) is 0 Å². The first-order valence-electron chi connectivity index (χ1n) is 5.91. The Labute approximate surface area is 120 Å². The maximum Gasteiger partial charge on any atom is 0.534 e. The van der Waals surface area contributed by atoms with Crippen LogP contribution in [0.5, 0.6) is 5.75 Å². The molecule has 112 valence electrons. The molecule has 0 aromatic heterocycles. The van der Waals surface area contributed by atoms with Crippen LogP contribution in [0.4, 0.5) is 13.2 Å². The average Bonchev–Trinajstić information content (AvgIpc) is 2.41. The van der Waals surface area contributed by atoms with Gasteiger partial charge in [0.25, 0.3) is 0 Å². The van der Waals surface area contributed by atoms with Crippen LogP contribution < -0.4 is 4.18 Å². The van der Waals surface area contributed by atoms with Crippen molar-refractivity contribution in [2.75, 3.05) is 0 Å². The minimum atomic E-state index is -5.62. The maximum atomic E-state index is 12.2. The highest BCUT2D eigenvalue weighted by atomic mass is 32.2. The molecule has 0 fully saturated rings. The van der Waals surface area contributed by atoms with Crippen molar-refractivity contribution < 1.29 is 25.8 Å². The van der Waals surface area contributed by atoms with Crippen LogP contribution in [-0.2, 0) is 16.5 Å². The summed E-state index contributed by atoms with van der Waals surface area (Å²) in [5, 5.41) is 0. The van der Waals surface area contributed by atoms with Gasteiger partial charge in [-0.15, -0.1) is 0 Å². The van der Waals surface area contributed by atoms with Crippen LogP contribution in [0, 0.1) is 0 Å². The molecule has 0 unspecified atom stereocenters. The van der Waals surface area contributed by atoms with E-state index in [2.05, 4.69) is 4.18 Å². The van der Waals surface area contributed by atoms with E-state index in [0.717, 1.165) is 11.1 Å². The normalized spacial score (nSPS) is 12.1. The standard InChI is InChI=1S/C14H11F3O3S/c15-14(16,17)21(18,19)20-13-8-6-12(7-9-13)10-11-4-2-1-3-5-11/h1-9H,10H2. The molecule has 0 N–H and O–H groups in total. The van der Waals surface area contributed by atoms with Gasteiger partial charge in [0.05, 0.1) is 0 Å². The van der Waals surface area contributed by atoms with E-state index >= 15 is 0 Å². The van der Waals surface area contributed by atoms with Crippen molar-refractivity contribution in [1.29, 1.82) is 0 Å². The van der Waals surface area contributed by atoms with Crippen LogP contribution in [0.25, 0.3) is 0 Å². The Morgan fingerprint density at radius 1 is 0.857 bits per heavy atom. The molecule has 0 aliphatic rings. The molecular formula is C14H11F3O3S. The zero-order chi connectivity index (χ0) is 15.5. The first-order valence-corrected chi connectivity index (χ1v) is 7.32. The Morgan fingerprint density at radius 3 is 1.90 bits per heavy atom. The first-order chi connectivity index (χ1) is 9.78. The van der Waals surface area contributed by atoms with Gasteiger partial charge in [-0.3, -0.25) is 0 Å². The van der Waals surface area contributed by atoms with E-state index in [1.54, 1.807) is 0 Å². The first kappa shape index (κ1) is 15.4. The number of hydrogen-bond acceptors (Lipinski definition) is 3. The van der Waals surface area contributed by atoms with E-state index in [0.29, 0.717) is 6.42 Å². The SMILES string of the molecule is O=S(=O)(Oc1ccc(Cc2ccccc2)cc1)C(F)(F)F. The van der Waals surface area contributed by atoms with Crippen molar-refractivity contribution in [3.05, 3.63) is 65.7 Å². The van der Waals surface area contributed by atoms with E-state index in [1.165, 1.54) is 24.3 Å². The zero-order valence-electron chi connectivity index (χ0n) is 10.7. The molecule has 21 heavy (non-hydrogen) atoms. The van der Waals surface area contributed by atoms with Gasteiger partial charge in [0.1, 0.15) is 5.75 Å². The highest BCUT2D eigenvalue weighted by Gasteiger charge is 2.48. The van der Waals surface area contributed by atoms with E-state index in [4.69, 9.17) is 0 Å². The molecule has 7 heteroatoms. The molecule has 0 bridgehead atoms. The highest BCUT2D eigenvalue weighted by molar-refractivity contribution is 7.87. The minimum absolute atomic E-state index is 0.371. The maximum absolute atomic E-state index is 12.2. The van der Waals surface area contributed by atoms with E-state index in [9.17, 15) is 21.6 Å². The zero-order valence-corrected chi connectivity index (χ0v) is 11.5. The molecule has 0 heterocycles. The van der Waals surface area contributed by atoms with Crippen molar-refractivity contribution in [2.24, 2.45) is 0 Å². The lowest BCUT2D eigenvalue weighted by Gasteiger charge is -2.09. The third-order valence-corrected chi connectivity index (χ3v) is 3.64. The van der Waals surface area contributed by atoms with Crippen LogP contribution in [0.15, 0.2) is 54.6 Å². The molecule has 0 amide bonds. The largest absolute Gasteiger partial charge is 0.534 e. The average molecular weight is 316 g/mol. The highest BCUT2D eigenvalue weighted by Crippen LogP contribution is 2.27. The number of rotatable bonds is 4. The van der Waals surface area contributed by atoms with Crippen molar-refractivity contribution in [2.45, 2.75) is 11.9 Å². The second kappa shape index (κ2) is 5.77. The molecule has 0 saturated heterocycles. The Morgan fingerprint density at radius 2 is 1.38 bits per heavy atom. The Balaban J connectivity index is 2.10. The summed E-state index contributed by atoms with van der Waals surface area (Å²) in [5.74, 6) is -0.371. The summed E-state index contributed by atoms with van der Waals surface area (Å²) >= 11 is 0. The minimum Gasteiger partial charge on any atom is -0.376 e. The number of benzene rings is 2. The lowest BCUT2D eigenvalue weighted by Crippen LogP contribution is -2.28. The molecule has 2 aromatic rings. The molecular weight excluding hydrogens is 305 g/mol. The van der Waals surface area contributed by atoms with E-state index in [1.807, 2.05) is 30.3 Å². The molecule has 0 saturated carbocycles. The number of alkyl halides is 3. The summed E-state index contributed by atoms with van der Waals surface area (Å²) in [6.07, 6.45) is 0.590. The molecule has 0 aliphatic carbocycles. The van der Waals surface area contributed by atoms with Crippen LogP contribution >= 0.6 is 0 Å². The fourth-order valence-electron chi connectivity index (χ4n) is 1.67. The smallest absolute Gasteiger partial charge is 0.376 e. The summed E-state index contributed by atoms with van der Waals surface area (Å²) < 4.78 is 62.2. The molecule has 0 radical (unpaired) electrons.